The lowest BCUT2D eigenvalue weighted by Crippen LogP contribution is -2.62. The maximum absolute atomic E-state index is 5.31. The number of nitrogens with zero attached hydrogens (tertiary/aromatic N) is 1. The average Bonchev–Trinajstić information content (AvgIpc) is 2.50. The van der Waals surface area contributed by atoms with E-state index < -0.39 is 0 Å². The van der Waals surface area contributed by atoms with Gasteiger partial charge in [-0.3, -0.25) is 4.90 Å². The van der Waals surface area contributed by atoms with Gasteiger partial charge < -0.3 is 10.1 Å². The topological polar surface area (TPSA) is 24.5 Å². The van der Waals surface area contributed by atoms with E-state index in [1.165, 1.54) is 18.4 Å². The van der Waals surface area contributed by atoms with E-state index in [2.05, 4.69) is 59.1 Å². The standard InChI is InChI=1S/C17H27BrN2O/c1-5-17(6-2)12-20(13(3)10-19-17)11-14-7-8-16(21-4)15(18)9-14/h7-9,13,19H,5-6,10-12H2,1-4H3. The largest absolute Gasteiger partial charge is 0.496 e. The summed E-state index contributed by atoms with van der Waals surface area (Å²) in [6.45, 7) is 10.1. The lowest BCUT2D eigenvalue weighted by molar-refractivity contribution is 0.0746. The molecule has 1 aromatic carbocycles. The number of nitrogens with one attached hydrogen (secondary N) is 1. The van der Waals surface area contributed by atoms with Crippen molar-refractivity contribution >= 4 is 15.9 Å². The lowest BCUT2D eigenvalue weighted by Gasteiger charge is -2.46. The van der Waals surface area contributed by atoms with Gasteiger partial charge >= 0.3 is 0 Å². The summed E-state index contributed by atoms with van der Waals surface area (Å²) in [5, 5.41) is 3.76. The van der Waals surface area contributed by atoms with Crippen molar-refractivity contribution in [1.29, 1.82) is 0 Å². The maximum atomic E-state index is 5.31. The van der Waals surface area contributed by atoms with Crippen molar-refractivity contribution in [2.75, 3.05) is 20.2 Å². The molecule has 1 aromatic rings. The van der Waals surface area contributed by atoms with E-state index in [1.807, 2.05) is 6.07 Å². The summed E-state index contributed by atoms with van der Waals surface area (Å²) in [7, 11) is 1.70. The summed E-state index contributed by atoms with van der Waals surface area (Å²) in [5.74, 6) is 0.892. The molecule has 0 aliphatic carbocycles. The highest BCUT2D eigenvalue weighted by molar-refractivity contribution is 9.10. The van der Waals surface area contributed by atoms with Gasteiger partial charge in [0.25, 0.3) is 0 Å². The Morgan fingerprint density at radius 3 is 2.67 bits per heavy atom. The van der Waals surface area contributed by atoms with Crippen molar-refractivity contribution in [3.8, 4) is 5.75 Å². The van der Waals surface area contributed by atoms with Gasteiger partial charge in [-0.05, 0) is 53.4 Å². The maximum Gasteiger partial charge on any atom is 0.133 e. The third-order valence-corrected chi connectivity index (χ3v) is 5.48. The SMILES string of the molecule is CCC1(CC)CN(Cc2ccc(OC)c(Br)c2)C(C)CN1. The summed E-state index contributed by atoms with van der Waals surface area (Å²) < 4.78 is 6.34. The van der Waals surface area contributed by atoms with Crippen LogP contribution in [0.2, 0.25) is 0 Å². The number of rotatable bonds is 5. The van der Waals surface area contributed by atoms with E-state index in [4.69, 9.17) is 4.74 Å². The molecule has 0 bridgehead atoms. The minimum absolute atomic E-state index is 0.274. The fourth-order valence-corrected chi connectivity index (χ4v) is 3.66. The van der Waals surface area contributed by atoms with Crippen LogP contribution in [-0.2, 0) is 6.54 Å². The van der Waals surface area contributed by atoms with E-state index in [0.717, 1.165) is 29.9 Å². The molecule has 0 amide bonds. The van der Waals surface area contributed by atoms with Crippen LogP contribution in [0.3, 0.4) is 0 Å². The first-order valence-electron chi connectivity index (χ1n) is 7.85. The van der Waals surface area contributed by atoms with E-state index in [-0.39, 0.29) is 5.54 Å². The Kier molecular flexibility index (Phi) is 5.69. The Hall–Kier alpha value is -0.580. The molecule has 1 unspecified atom stereocenters. The lowest BCUT2D eigenvalue weighted by atomic mass is 9.88. The van der Waals surface area contributed by atoms with E-state index in [9.17, 15) is 0 Å². The van der Waals surface area contributed by atoms with Gasteiger partial charge in [0, 0.05) is 31.2 Å². The second kappa shape index (κ2) is 7.12. The molecule has 0 spiro atoms. The molecule has 0 saturated carbocycles. The predicted octanol–water partition coefficient (Wildman–Crippen LogP) is 3.81. The highest BCUT2D eigenvalue weighted by atomic mass is 79.9. The van der Waals surface area contributed by atoms with Crippen molar-refractivity contribution in [2.45, 2.75) is 51.7 Å². The second-order valence-corrected chi connectivity index (χ2v) is 6.95. The highest BCUT2D eigenvalue weighted by Gasteiger charge is 2.34. The van der Waals surface area contributed by atoms with Crippen molar-refractivity contribution in [1.82, 2.24) is 10.2 Å². The molecule has 1 aliphatic rings. The van der Waals surface area contributed by atoms with Gasteiger partial charge in [-0.2, -0.15) is 0 Å². The molecule has 1 saturated heterocycles. The van der Waals surface area contributed by atoms with E-state index >= 15 is 0 Å². The highest BCUT2D eigenvalue weighted by Crippen LogP contribution is 2.28. The summed E-state index contributed by atoms with van der Waals surface area (Å²) in [4.78, 5) is 2.59. The molecule has 1 N–H and O–H groups in total. The monoisotopic (exact) mass is 354 g/mol. The Morgan fingerprint density at radius 1 is 1.38 bits per heavy atom. The summed E-state index contributed by atoms with van der Waals surface area (Å²) in [6.07, 6.45) is 2.36. The Balaban J connectivity index is 2.11. The third kappa shape index (κ3) is 3.79. The fourth-order valence-electron chi connectivity index (χ4n) is 3.07. The van der Waals surface area contributed by atoms with Crippen LogP contribution in [0.25, 0.3) is 0 Å². The summed E-state index contributed by atoms with van der Waals surface area (Å²) in [5.41, 5.74) is 1.61. The molecule has 0 aromatic heterocycles. The van der Waals surface area contributed by atoms with Gasteiger partial charge in [-0.15, -0.1) is 0 Å². The number of ether oxygens (including phenoxy) is 1. The molecule has 0 radical (unpaired) electrons. The molecule has 1 fully saturated rings. The molecule has 118 valence electrons. The molecule has 1 heterocycles. The minimum atomic E-state index is 0.274. The van der Waals surface area contributed by atoms with Crippen LogP contribution in [0.5, 0.6) is 5.75 Å². The zero-order valence-electron chi connectivity index (χ0n) is 13.6. The third-order valence-electron chi connectivity index (χ3n) is 4.86. The minimum Gasteiger partial charge on any atom is -0.496 e. The van der Waals surface area contributed by atoms with Crippen LogP contribution < -0.4 is 10.1 Å². The molecule has 4 heteroatoms. The first kappa shape index (κ1) is 16.8. The number of methoxy groups -OCH3 is 1. The quantitative estimate of drug-likeness (QED) is 0.869. The second-order valence-electron chi connectivity index (χ2n) is 6.09. The number of hydrogen-bond acceptors (Lipinski definition) is 3. The molecule has 3 nitrogen and oxygen atoms in total. The van der Waals surface area contributed by atoms with Gasteiger partial charge in [-0.1, -0.05) is 19.9 Å². The number of piperazine rings is 1. The number of hydrogen-bond donors (Lipinski definition) is 1. The smallest absolute Gasteiger partial charge is 0.133 e. The molecule has 1 aliphatic heterocycles. The van der Waals surface area contributed by atoms with Crippen LogP contribution in [0.15, 0.2) is 22.7 Å². The van der Waals surface area contributed by atoms with E-state index in [1.54, 1.807) is 7.11 Å². The van der Waals surface area contributed by atoms with Crippen LogP contribution in [0, 0.1) is 0 Å². The first-order valence-corrected chi connectivity index (χ1v) is 8.64. The average molecular weight is 355 g/mol. The zero-order chi connectivity index (χ0) is 15.5. The normalized spacial score (nSPS) is 22.2. The Labute approximate surface area is 137 Å². The van der Waals surface area contributed by atoms with Gasteiger partial charge in [-0.25, -0.2) is 0 Å². The molecule has 21 heavy (non-hydrogen) atoms. The van der Waals surface area contributed by atoms with Crippen molar-refractivity contribution < 1.29 is 4.74 Å². The zero-order valence-corrected chi connectivity index (χ0v) is 15.2. The van der Waals surface area contributed by atoms with Crippen molar-refractivity contribution in [2.24, 2.45) is 0 Å². The predicted molar refractivity (Wildman–Crippen MR) is 91.9 cm³/mol. The Bertz CT molecular complexity index is 474. The molecule has 1 atom stereocenters. The van der Waals surface area contributed by atoms with Gasteiger partial charge in [0.2, 0.25) is 0 Å². The van der Waals surface area contributed by atoms with Crippen molar-refractivity contribution in [3.63, 3.8) is 0 Å². The van der Waals surface area contributed by atoms with E-state index in [0.29, 0.717) is 6.04 Å². The van der Waals surface area contributed by atoms with Gasteiger partial charge in [0.15, 0.2) is 0 Å². The summed E-state index contributed by atoms with van der Waals surface area (Å²) >= 11 is 3.58. The number of benzene rings is 1. The van der Waals surface area contributed by atoms with Crippen LogP contribution >= 0.6 is 15.9 Å². The van der Waals surface area contributed by atoms with Gasteiger partial charge in [0.1, 0.15) is 5.75 Å². The first-order chi connectivity index (χ1) is 10.0. The molecular weight excluding hydrogens is 328 g/mol. The van der Waals surface area contributed by atoms with Crippen LogP contribution in [-0.4, -0.2) is 36.7 Å². The van der Waals surface area contributed by atoms with Gasteiger partial charge in [0.05, 0.1) is 11.6 Å². The molecular formula is C17H27BrN2O. The Morgan fingerprint density at radius 2 is 2.10 bits per heavy atom. The van der Waals surface area contributed by atoms with Crippen LogP contribution in [0.4, 0.5) is 0 Å². The summed E-state index contributed by atoms with van der Waals surface area (Å²) in [6, 6.07) is 6.95. The fraction of sp³-hybridized carbons (Fsp3) is 0.647. The van der Waals surface area contributed by atoms with Crippen molar-refractivity contribution in [3.05, 3.63) is 28.2 Å². The number of halogens is 1. The van der Waals surface area contributed by atoms with Crippen LogP contribution in [0.1, 0.15) is 39.2 Å². The molecule has 2 rings (SSSR count).